The highest BCUT2D eigenvalue weighted by Gasteiger charge is 2.32. The van der Waals surface area contributed by atoms with Crippen molar-refractivity contribution in [2.45, 2.75) is 31.6 Å². The van der Waals surface area contributed by atoms with E-state index in [0.29, 0.717) is 42.7 Å². The monoisotopic (exact) mass is 446 g/mol. The van der Waals surface area contributed by atoms with Gasteiger partial charge in [-0.05, 0) is 43.2 Å². The van der Waals surface area contributed by atoms with Gasteiger partial charge in [-0.25, -0.2) is 8.91 Å². The van der Waals surface area contributed by atoms with Crippen LogP contribution in [0.4, 0.5) is 18.9 Å². The summed E-state index contributed by atoms with van der Waals surface area (Å²) in [5, 5.41) is 13.7. The second kappa shape index (κ2) is 8.01. The van der Waals surface area contributed by atoms with Gasteiger partial charge in [0.05, 0.1) is 29.4 Å². The fourth-order valence-electron chi connectivity index (χ4n) is 4.46. The minimum Gasteiger partial charge on any atom is -0.435 e. The van der Waals surface area contributed by atoms with Crippen molar-refractivity contribution >= 4 is 17.1 Å². The highest BCUT2D eigenvalue weighted by atomic mass is 19.3. The van der Waals surface area contributed by atoms with Crippen LogP contribution < -0.4 is 9.64 Å². The minimum atomic E-state index is -2.99. The maximum Gasteiger partial charge on any atom is 0.387 e. The predicted octanol–water partition coefficient (Wildman–Crippen LogP) is 3.23. The summed E-state index contributed by atoms with van der Waals surface area (Å²) in [7, 11) is 0. The third-order valence-electron chi connectivity index (χ3n) is 6.02. The number of β-amino-alcohol motifs (C(OH)–C–C–N with tert-alkyl or cyclic N) is 1. The topological polar surface area (TPSA) is 70.3 Å². The SMILES string of the molecule is O=C(c1cnn2ccc(N3CCC[C@@H]3c3cc(OC(F)F)ccc3F)cc12)N1CC(O)C1. The summed E-state index contributed by atoms with van der Waals surface area (Å²) in [6.07, 6.45) is 4.18. The number of aliphatic hydroxyl groups is 1. The molecule has 1 amide bonds. The van der Waals surface area contributed by atoms with Gasteiger partial charge < -0.3 is 19.6 Å². The number of aliphatic hydroxyl groups excluding tert-OH is 1. The van der Waals surface area contributed by atoms with E-state index in [9.17, 15) is 23.1 Å². The van der Waals surface area contributed by atoms with Crippen LogP contribution in [-0.4, -0.2) is 57.9 Å². The second-order valence-electron chi connectivity index (χ2n) is 8.05. The van der Waals surface area contributed by atoms with Gasteiger partial charge in [-0.2, -0.15) is 13.9 Å². The number of hydrogen-bond acceptors (Lipinski definition) is 5. The Kier molecular flexibility index (Phi) is 5.16. The van der Waals surface area contributed by atoms with E-state index in [-0.39, 0.29) is 17.7 Å². The lowest BCUT2D eigenvalue weighted by molar-refractivity contribution is -0.0499. The van der Waals surface area contributed by atoms with Crippen LogP contribution in [0.25, 0.3) is 5.52 Å². The molecule has 7 nitrogen and oxygen atoms in total. The van der Waals surface area contributed by atoms with Gasteiger partial charge in [0, 0.05) is 37.1 Å². The molecule has 168 valence electrons. The zero-order chi connectivity index (χ0) is 22.4. The van der Waals surface area contributed by atoms with Crippen molar-refractivity contribution in [3.8, 4) is 5.75 Å². The van der Waals surface area contributed by atoms with Crippen LogP contribution in [-0.2, 0) is 0 Å². The molecular formula is C22H21F3N4O3. The van der Waals surface area contributed by atoms with Crippen molar-refractivity contribution in [2.24, 2.45) is 0 Å². The number of benzene rings is 1. The molecule has 5 rings (SSSR count). The Bertz CT molecular complexity index is 1160. The molecule has 0 unspecified atom stereocenters. The van der Waals surface area contributed by atoms with E-state index >= 15 is 0 Å². The Labute approximate surface area is 181 Å². The molecule has 0 radical (unpaired) electrons. The standard InChI is InChI=1S/C22H21F3N4O3/c23-18-4-3-15(32-22(24)25)9-16(18)19-2-1-6-28(19)13-5-7-29-20(8-13)17(10-26-29)21(31)27-11-14(30)12-27/h3-5,7-10,14,19,22,30H,1-2,6,11-12H2/t19-/m1/s1. The first-order valence-corrected chi connectivity index (χ1v) is 10.4. The van der Waals surface area contributed by atoms with Gasteiger partial charge in [-0.15, -0.1) is 0 Å². The molecule has 0 bridgehead atoms. The number of aromatic nitrogens is 2. The summed E-state index contributed by atoms with van der Waals surface area (Å²) in [4.78, 5) is 16.3. The number of anilines is 1. The van der Waals surface area contributed by atoms with E-state index in [4.69, 9.17) is 0 Å². The van der Waals surface area contributed by atoms with Gasteiger partial charge in [0.15, 0.2) is 0 Å². The number of likely N-dealkylation sites (tertiary alicyclic amines) is 1. The minimum absolute atomic E-state index is 0.0842. The Morgan fingerprint density at radius 2 is 2.03 bits per heavy atom. The van der Waals surface area contributed by atoms with Crippen LogP contribution in [0.15, 0.2) is 42.7 Å². The molecule has 0 aliphatic carbocycles. The largest absolute Gasteiger partial charge is 0.435 e. The number of carbonyl (C=O) groups excluding carboxylic acids is 1. The van der Waals surface area contributed by atoms with Crippen molar-refractivity contribution < 1.29 is 27.8 Å². The Morgan fingerprint density at radius 3 is 2.78 bits per heavy atom. The van der Waals surface area contributed by atoms with E-state index in [0.717, 1.165) is 18.2 Å². The van der Waals surface area contributed by atoms with Crippen LogP contribution in [0, 0.1) is 5.82 Å². The summed E-state index contributed by atoms with van der Waals surface area (Å²) in [6, 6.07) is 6.95. The number of fused-ring (bicyclic) bond motifs is 1. The van der Waals surface area contributed by atoms with Crippen molar-refractivity contribution in [1.82, 2.24) is 14.5 Å². The van der Waals surface area contributed by atoms with Crippen molar-refractivity contribution in [3.63, 3.8) is 0 Å². The summed E-state index contributed by atoms with van der Waals surface area (Å²) < 4.78 is 45.9. The number of halogens is 3. The van der Waals surface area contributed by atoms with E-state index in [1.54, 1.807) is 15.6 Å². The zero-order valence-electron chi connectivity index (χ0n) is 17.0. The molecule has 2 aromatic heterocycles. The lowest BCUT2D eigenvalue weighted by Crippen LogP contribution is -2.53. The van der Waals surface area contributed by atoms with Crippen molar-refractivity contribution in [1.29, 1.82) is 0 Å². The van der Waals surface area contributed by atoms with Gasteiger partial charge in [0.1, 0.15) is 11.6 Å². The van der Waals surface area contributed by atoms with E-state index in [1.807, 2.05) is 17.0 Å². The molecule has 32 heavy (non-hydrogen) atoms. The van der Waals surface area contributed by atoms with Crippen LogP contribution in [0.1, 0.15) is 34.8 Å². The summed E-state index contributed by atoms with van der Waals surface area (Å²) in [5.41, 5.74) is 2.10. The van der Waals surface area contributed by atoms with Crippen LogP contribution in [0.5, 0.6) is 5.75 Å². The number of hydrogen-bond donors (Lipinski definition) is 1. The summed E-state index contributed by atoms with van der Waals surface area (Å²) >= 11 is 0. The van der Waals surface area contributed by atoms with E-state index in [1.165, 1.54) is 18.3 Å². The molecule has 2 fully saturated rings. The van der Waals surface area contributed by atoms with Gasteiger partial charge in [0.2, 0.25) is 0 Å². The van der Waals surface area contributed by atoms with Gasteiger partial charge in [-0.3, -0.25) is 4.79 Å². The maximum atomic E-state index is 14.6. The smallest absolute Gasteiger partial charge is 0.387 e. The van der Waals surface area contributed by atoms with Crippen molar-refractivity contribution in [3.05, 3.63) is 59.7 Å². The average molecular weight is 446 g/mol. The van der Waals surface area contributed by atoms with E-state index in [2.05, 4.69) is 9.84 Å². The lowest BCUT2D eigenvalue weighted by atomic mass is 10.0. The van der Waals surface area contributed by atoms with Gasteiger partial charge >= 0.3 is 6.61 Å². The van der Waals surface area contributed by atoms with Gasteiger partial charge in [-0.1, -0.05) is 0 Å². The third-order valence-corrected chi connectivity index (χ3v) is 6.02. The lowest BCUT2D eigenvalue weighted by Gasteiger charge is -2.35. The molecule has 2 aliphatic heterocycles. The molecule has 4 heterocycles. The van der Waals surface area contributed by atoms with Crippen LogP contribution >= 0.6 is 0 Å². The predicted molar refractivity (Wildman–Crippen MR) is 109 cm³/mol. The quantitative estimate of drug-likeness (QED) is 0.652. The average Bonchev–Trinajstić information content (AvgIpc) is 3.38. The molecule has 3 aromatic rings. The number of alkyl halides is 2. The zero-order valence-corrected chi connectivity index (χ0v) is 17.0. The molecule has 0 spiro atoms. The summed E-state index contributed by atoms with van der Waals surface area (Å²) in [6.45, 7) is -1.75. The Balaban J connectivity index is 1.47. The number of ether oxygens (including phenoxy) is 1. The normalized spacial score (nSPS) is 19.1. The van der Waals surface area contributed by atoms with Crippen LogP contribution in [0.2, 0.25) is 0 Å². The fourth-order valence-corrected chi connectivity index (χ4v) is 4.46. The number of nitrogens with zero attached hydrogens (tertiary/aromatic N) is 4. The number of rotatable bonds is 5. The fraction of sp³-hybridized carbons (Fsp3) is 0.364. The molecule has 1 aromatic carbocycles. The molecule has 0 saturated carbocycles. The first kappa shape index (κ1) is 20.6. The molecule has 10 heteroatoms. The number of carbonyl (C=O) groups is 1. The van der Waals surface area contributed by atoms with Crippen molar-refractivity contribution in [2.75, 3.05) is 24.5 Å². The molecule has 2 saturated heterocycles. The number of pyridine rings is 1. The first-order valence-electron chi connectivity index (χ1n) is 10.4. The molecular weight excluding hydrogens is 425 g/mol. The van der Waals surface area contributed by atoms with E-state index < -0.39 is 18.5 Å². The molecule has 2 aliphatic rings. The second-order valence-corrected chi connectivity index (χ2v) is 8.05. The highest BCUT2D eigenvalue weighted by molar-refractivity contribution is 6.01. The summed E-state index contributed by atoms with van der Waals surface area (Å²) in [5.74, 6) is -0.774. The third kappa shape index (κ3) is 3.64. The number of amides is 1. The Morgan fingerprint density at radius 1 is 1.22 bits per heavy atom. The maximum absolute atomic E-state index is 14.6. The first-order chi connectivity index (χ1) is 15.4. The van der Waals surface area contributed by atoms with Gasteiger partial charge in [0.25, 0.3) is 5.91 Å². The molecule has 1 atom stereocenters. The Hall–Kier alpha value is -3.27. The molecule has 1 N–H and O–H groups in total. The van der Waals surface area contributed by atoms with Crippen LogP contribution in [0.3, 0.4) is 0 Å². The highest BCUT2D eigenvalue weighted by Crippen LogP contribution is 2.39.